The van der Waals surface area contributed by atoms with Crippen LogP contribution in [0.1, 0.15) is 30.9 Å². The van der Waals surface area contributed by atoms with Gasteiger partial charge in [-0.15, -0.1) is 12.4 Å². The first kappa shape index (κ1) is 21.0. The lowest BCUT2D eigenvalue weighted by Gasteiger charge is -2.41. The molecule has 3 aliphatic rings. The zero-order valence-corrected chi connectivity index (χ0v) is 16.5. The molecule has 4 rings (SSSR count). The Morgan fingerprint density at radius 1 is 1.14 bits per heavy atom. The first-order chi connectivity index (χ1) is 13.1. The molecule has 0 bridgehead atoms. The molecule has 3 aliphatic heterocycles. The molecule has 28 heavy (non-hydrogen) atoms. The van der Waals surface area contributed by atoms with Gasteiger partial charge >= 0.3 is 0 Å². The van der Waals surface area contributed by atoms with Crippen LogP contribution in [0.2, 0.25) is 0 Å². The molecule has 7 nitrogen and oxygen atoms in total. The van der Waals surface area contributed by atoms with E-state index in [1.165, 1.54) is 12.1 Å². The fourth-order valence-corrected chi connectivity index (χ4v) is 4.27. The van der Waals surface area contributed by atoms with Crippen molar-refractivity contribution in [3.05, 3.63) is 35.6 Å². The summed E-state index contributed by atoms with van der Waals surface area (Å²) >= 11 is 0. The molecule has 3 fully saturated rings. The summed E-state index contributed by atoms with van der Waals surface area (Å²) < 4.78 is 13.1. The van der Waals surface area contributed by atoms with E-state index in [1.807, 2.05) is 9.80 Å². The van der Waals surface area contributed by atoms with E-state index in [9.17, 15) is 14.0 Å². The number of benzene rings is 1. The van der Waals surface area contributed by atoms with Crippen molar-refractivity contribution >= 4 is 24.2 Å². The number of nitrogens with zero attached hydrogens (tertiary/aromatic N) is 2. The summed E-state index contributed by atoms with van der Waals surface area (Å²) in [7, 11) is 0. The van der Waals surface area contributed by atoms with Gasteiger partial charge in [0.05, 0.1) is 6.54 Å². The number of rotatable bonds is 3. The highest BCUT2D eigenvalue weighted by atomic mass is 35.5. The van der Waals surface area contributed by atoms with Crippen LogP contribution in [0.3, 0.4) is 0 Å². The Morgan fingerprint density at radius 3 is 2.68 bits per heavy atom. The first-order valence-corrected chi connectivity index (χ1v) is 9.67. The quantitative estimate of drug-likeness (QED) is 0.678. The molecule has 9 heteroatoms. The fraction of sp³-hybridized carbons (Fsp3) is 0.579. The van der Waals surface area contributed by atoms with E-state index in [-0.39, 0.29) is 48.2 Å². The van der Waals surface area contributed by atoms with Crippen LogP contribution in [0, 0.1) is 5.82 Å². The second kappa shape index (κ2) is 9.17. The van der Waals surface area contributed by atoms with Crippen molar-refractivity contribution in [2.24, 2.45) is 0 Å². The Hall–Kier alpha value is -1.74. The molecule has 3 N–H and O–H groups in total. The van der Waals surface area contributed by atoms with Gasteiger partial charge < -0.3 is 15.1 Å². The van der Waals surface area contributed by atoms with Crippen LogP contribution in [-0.2, 0) is 9.59 Å². The van der Waals surface area contributed by atoms with E-state index in [1.54, 1.807) is 12.1 Å². The largest absolute Gasteiger partial charge is 0.339 e. The number of hydrogen-bond donors (Lipinski definition) is 3. The third-order valence-corrected chi connectivity index (χ3v) is 5.75. The number of carbonyl (C=O) groups excluding carboxylic acids is 2. The van der Waals surface area contributed by atoms with Crippen LogP contribution >= 0.6 is 12.4 Å². The molecule has 1 aromatic carbocycles. The van der Waals surface area contributed by atoms with Crippen LogP contribution in [0.25, 0.3) is 0 Å². The molecular formula is C19H27ClFN5O2. The van der Waals surface area contributed by atoms with Gasteiger partial charge in [0.1, 0.15) is 11.9 Å². The molecule has 1 aromatic rings. The zero-order chi connectivity index (χ0) is 18.8. The summed E-state index contributed by atoms with van der Waals surface area (Å²) in [5, 5.41) is 3.09. The molecule has 0 saturated carbocycles. The minimum Gasteiger partial charge on any atom is -0.339 e. The highest BCUT2D eigenvalue weighted by molar-refractivity contribution is 5.85. The molecule has 0 spiro atoms. The topological polar surface area (TPSA) is 76.7 Å². The molecule has 2 amide bonds. The van der Waals surface area contributed by atoms with E-state index in [0.717, 1.165) is 31.5 Å². The van der Waals surface area contributed by atoms with Crippen LogP contribution in [0.4, 0.5) is 4.39 Å². The third kappa shape index (κ3) is 4.46. The summed E-state index contributed by atoms with van der Waals surface area (Å²) in [5.74, 6) is -0.0730. The summed E-state index contributed by atoms with van der Waals surface area (Å²) in [6.07, 6.45) is 2.48. The Labute approximate surface area is 170 Å². The molecule has 3 unspecified atom stereocenters. The maximum atomic E-state index is 13.1. The van der Waals surface area contributed by atoms with Crippen molar-refractivity contribution in [3.63, 3.8) is 0 Å². The number of piperazine rings is 1. The number of amides is 2. The van der Waals surface area contributed by atoms with Gasteiger partial charge in [0.15, 0.2) is 0 Å². The minimum atomic E-state index is -0.308. The van der Waals surface area contributed by atoms with Gasteiger partial charge in [-0.3, -0.25) is 9.59 Å². The number of nitrogens with one attached hydrogen (secondary N) is 3. The molecule has 3 atom stereocenters. The normalized spacial score (nSPS) is 28.2. The lowest BCUT2D eigenvalue weighted by atomic mass is 9.99. The van der Waals surface area contributed by atoms with E-state index in [0.29, 0.717) is 26.1 Å². The van der Waals surface area contributed by atoms with Crippen LogP contribution in [0.5, 0.6) is 0 Å². The van der Waals surface area contributed by atoms with Gasteiger partial charge in [-0.1, -0.05) is 12.1 Å². The van der Waals surface area contributed by atoms with E-state index in [2.05, 4.69) is 16.2 Å². The lowest BCUT2D eigenvalue weighted by molar-refractivity contribution is -0.141. The number of piperidine rings is 1. The second-order valence-corrected chi connectivity index (χ2v) is 7.53. The first-order valence-electron chi connectivity index (χ1n) is 9.67. The van der Waals surface area contributed by atoms with Crippen molar-refractivity contribution in [1.82, 2.24) is 26.0 Å². The van der Waals surface area contributed by atoms with E-state index < -0.39 is 0 Å². The van der Waals surface area contributed by atoms with Gasteiger partial charge in [-0.2, -0.15) is 0 Å². The predicted octanol–water partition coefficient (Wildman–Crippen LogP) is 0.578. The third-order valence-electron chi connectivity index (χ3n) is 5.75. The minimum absolute atomic E-state index is 0. The number of likely N-dealkylation sites (tertiary alicyclic amines) is 1. The van der Waals surface area contributed by atoms with E-state index in [4.69, 9.17) is 0 Å². The van der Waals surface area contributed by atoms with Crippen molar-refractivity contribution in [3.8, 4) is 0 Å². The average molecular weight is 412 g/mol. The molecular weight excluding hydrogens is 385 g/mol. The van der Waals surface area contributed by atoms with Crippen molar-refractivity contribution < 1.29 is 14.0 Å². The maximum Gasteiger partial charge on any atom is 0.241 e. The van der Waals surface area contributed by atoms with Crippen molar-refractivity contribution in [2.75, 3.05) is 32.7 Å². The lowest BCUT2D eigenvalue weighted by Crippen LogP contribution is -2.59. The SMILES string of the molecule is Cl.O=C(C1CC(c2ccc(F)cc2)NN1)N1CCCC(N2CCNCC2=O)C1. The molecule has 3 saturated heterocycles. The number of carbonyl (C=O) groups is 2. The maximum absolute atomic E-state index is 13.1. The highest BCUT2D eigenvalue weighted by Crippen LogP contribution is 2.25. The molecule has 0 aliphatic carbocycles. The van der Waals surface area contributed by atoms with Gasteiger partial charge in [-0.25, -0.2) is 15.2 Å². The number of hydrogen-bond acceptors (Lipinski definition) is 5. The van der Waals surface area contributed by atoms with Gasteiger partial charge in [-0.05, 0) is 37.0 Å². The Bertz CT molecular complexity index is 704. The molecule has 3 heterocycles. The molecule has 0 aromatic heterocycles. The predicted molar refractivity (Wildman–Crippen MR) is 105 cm³/mol. The second-order valence-electron chi connectivity index (χ2n) is 7.53. The summed E-state index contributed by atoms with van der Waals surface area (Å²) in [5.41, 5.74) is 7.21. The smallest absolute Gasteiger partial charge is 0.241 e. The van der Waals surface area contributed by atoms with Crippen LogP contribution in [0.15, 0.2) is 24.3 Å². The van der Waals surface area contributed by atoms with Gasteiger partial charge in [0.2, 0.25) is 11.8 Å². The van der Waals surface area contributed by atoms with Gasteiger partial charge in [0.25, 0.3) is 0 Å². The molecule has 154 valence electrons. The van der Waals surface area contributed by atoms with Crippen LogP contribution < -0.4 is 16.2 Å². The van der Waals surface area contributed by atoms with Crippen molar-refractivity contribution in [1.29, 1.82) is 0 Å². The number of halogens is 2. The number of hydrazine groups is 1. The van der Waals surface area contributed by atoms with Crippen LogP contribution in [-0.4, -0.2) is 66.4 Å². The van der Waals surface area contributed by atoms with E-state index >= 15 is 0 Å². The Kier molecular flexibility index (Phi) is 6.87. The highest BCUT2D eigenvalue weighted by Gasteiger charge is 2.37. The molecule has 0 radical (unpaired) electrons. The zero-order valence-electron chi connectivity index (χ0n) is 15.7. The monoisotopic (exact) mass is 411 g/mol. The summed E-state index contributed by atoms with van der Waals surface area (Å²) in [4.78, 5) is 29.0. The standard InChI is InChI=1S/C19H26FN5O2.ClH/c20-14-5-3-13(4-6-14)16-10-17(23-22-16)19(27)24-8-1-2-15(12-24)25-9-7-21-11-18(25)26;/h3-6,15-17,21-23H,1-2,7-12H2;1H. The Balaban J connectivity index is 0.00000225. The Morgan fingerprint density at radius 2 is 1.93 bits per heavy atom. The average Bonchev–Trinajstić information content (AvgIpc) is 3.18. The fourth-order valence-electron chi connectivity index (χ4n) is 4.27. The van der Waals surface area contributed by atoms with Gasteiger partial charge in [0, 0.05) is 38.3 Å². The summed E-state index contributed by atoms with van der Waals surface area (Å²) in [6, 6.07) is 6.15. The van der Waals surface area contributed by atoms with Crippen molar-refractivity contribution in [2.45, 2.75) is 37.4 Å². The summed E-state index contributed by atoms with van der Waals surface area (Å²) in [6.45, 7) is 3.24.